The molecular weight excluding hydrogens is 216 g/mol. The van der Waals surface area contributed by atoms with Crippen LogP contribution in [0.2, 0.25) is 0 Å². The molecule has 4 N–H and O–H groups in total. The van der Waals surface area contributed by atoms with E-state index in [9.17, 15) is 8.42 Å². The summed E-state index contributed by atoms with van der Waals surface area (Å²) in [4.78, 5) is 0. The number of benzene rings is 1. The van der Waals surface area contributed by atoms with Crippen LogP contribution < -0.4 is 10.9 Å². The van der Waals surface area contributed by atoms with E-state index in [4.69, 9.17) is 5.73 Å². The minimum absolute atomic E-state index is 0.0766. The Morgan fingerprint density at radius 3 is 2.53 bits per heavy atom. The van der Waals surface area contributed by atoms with Crippen LogP contribution in [0.5, 0.6) is 0 Å². The van der Waals surface area contributed by atoms with Gasteiger partial charge in [0.15, 0.2) is 0 Å². The molecule has 0 bridgehead atoms. The van der Waals surface area contributed by atoms with Crippen molar-refractivity contribution in [2.45, 2.75) is 12.8 Å². The van der Waals surface area contributed by atoms with Crippen molar-refractivity contribution in [3.05, 3.63) is 29.8 Å². The minimum Gasteiger partial charge on any atom is -0.399 e. The first-order valence-corrected chi connectivity index (χ1v) is 5.97. The molecule has 0 radical (unpaired) electrons. The maximum Gasteiger partial charge on any atom is 0.333 e. The predicted octanol–water partition coefficient (Wildman–Crippen LogP) is 0.422. The summed E-state index contributed by atoms with van der Waals surface area (Å²) in [7, 11) is -3.82. The molecule has 15 heavy (non-hydrogen) atoms. The van der Waals surface area contributed by atoms with E-state index in [0.29, 0.717) is 18.5 Å². The van der Waals surface area contributed by atoms with Crippen LogP contribution >= 0.6 is 0 Å². The van der Waals surface area contributed by atoms with E-state index < -0.39 is 10.3 Å². The van der Waals surface area contributed by atoms with Gasteiger partial charge in [-0.15, -0.1) is 0 Å². The second-order valence-electron chi connectivity index (χ2n) is 3.12. The SMILES string of the molecule is Nc1ccccc1CCCOS(N)(=O)=O. The minimum atomic E-state index is -3.82. The maximum absolute atomic E-state index is 10.4. The number of nitrogens with two attached hydrogens (primary N) is 2. The molecule has 1 aromatic rings. The average Bonchev–Trinajstić information content (AvgIpc) is 2.13. The molecule has 0 saturated carbocycles. The highest BCUT2D eigenvalue weighted by Gasteiger charge is 2.02. The standard InChI is InChI=1S/C9H14N2O3S/c10-9-6-2-1-4-8(9)5-3-7-14-15(11,12)13/h1-2,4,6H,3,5,7,10H2,(H2,11,12,13). The summed E-state index contributed by atoms with van der Waals surface area (Å²) in [5.41, 5.74) is 7.39. The number of para-hydroxylation sites is 1. The Hall–Kier alpha value is -1.11. The van der Waals surface area contributed by atoms with E-state index in [1.807, 2.05) is 18.2 Å². The molecule has 0 atom stereocenters. The van der Waals surface area contributed by atoms with Gasteiger partial charge in [0.25, 0.3) is 0 Å². The van der Waals surface area contributed by atoms with E-state index in [0.717, 1.165) is 5.56 Å². The third kappa shape index (κ3) is 4.78. The first-order valence-electron chi connectivity index (χ1n) is 4.49. The predicted molar refractivity (Wildman–Crippen MR) is 58.2 cm³/mol. The normalized spacial score (nSPS) is 11.5. The molecule has 1 rings (SSSR count). The summed E-state index contributed by atoms with van der Waals surface area (Å²) in [5.74, 6) is 0. The molecule has 6 heteroatoms. The number of aryl methyl sites for hydroxylation is 1. The third-order valence-corrected chi connectivity index (χ3v) is 2.39. The smallest absolute Gasteiger partial charge is 0.333 e. The summed E-state index contributed by atoms with van der Waals surface area (Å²) < 4.78 is 25.3. The van der Waals surface area contributed by atoms with Gasteiger partial charge in [-0.25, -0.2) is 5.14 Å². The van der Waals surface area contributed by atoms with E-state index >= 15 is 0 Å². The molecule has 0 aliphatic carbocycles. The Kier molecular flexibility index (Phi) is 4.07. The van der Waals surface area contributed by atoms with Gasteiger partial charge < -0.3 is 5.73 Å². The molecule has 0 amide bonds. The van der Waals surface area contributed by atoms with Crippen LogP contribution in [0, 0.1) is 0 Å². The highest BCUT2D eigenvalue weighted by Crippen LogP contribution is 2.12. The Bertz CT molecular complexity index is 417. The van der Waals surface area contributed by atoms with Crippen molar-refractivity contribution >= 4 is 16.0 Å². The first-order chi connectivity index (χ1) is 6.99. The zero-order valence-corrected chi connectivity index (χ0v) is 9.03. The highest BCUT2D eigenvalue weighted by atomic mass is 32.2. The monoisotopic (exact) mass is 230 g/mol. The molecule has 0 spiro atoms. The van der Waals surface area contributed by atoms with Crippen molar-refractivity contribution in [1.82, 2.24) is 0 Å². The molecule has 0 aliphatic rings. The lowest BCUT2D eigenvalue weighted by Gasteiger charge is -2.04. The zero-order chi connectivity index (χ0) is 11.3. The van der Waals surface area contributed by atoms with Gasteiger partial charge in [-0.1, -0.05) is 18.2 Å². The molecule has 0 heterocycles. The van der Waals surface area contributed by atoms with Crippen molar-refractivity contribution in [3.8, 4) is 0 Å². The molecule has 0 aromatic heterocycles. The van der Waals surface area contributed by atoms with Gasteiger partial charge in [0.2, 0.25) is 0 Å². The lowest BCUT2D eigenvalue weighted by molar-refractivity contribution is 0.313. The van der Waals surface area contributed by atoms with Crippen LogP contribution in [0.15, 0.2) is 24.3 Å². The lowest BCUT2D eigenvalue weighted by Crippen LogP contribution is -2.16. The summed E-state index contributed by atoms with van der Waals surface area (Å²) in [6, 6.07) is 7.42. The van der Waals surface area contributed by atoms with E-state index in [1.54, 1.807) is 6.07 Å². The Morgan fingerprint density at radius 2 is 1.93 bits per heavy atom. The molecule has 0 unspecified atom stereocenters. The largest absolute Gasteiger partial charge is 0.399 e. The van der Waals surface area contributed by atoms with Gasteiger partial charge in [-0.3, -0.25) is 4.18 Å². The molecule has 84 valence electrons. The number of anilines is 1. The quantitative estimate of drug-likeness (QED) is 0.566. The van der Waals surface area contributed by atoms with E-state index in [-0.39, 0.29) is 6.61 Å². The fourth-order valence-electron chi connectivity index (χ4n) is 1.20. The topological polar surface area (TPSA) is 95.4 Å². The van der Waals surface area contributed by atoms with Gasteiger partial charge >= 0.3 is 10.3 Å². The second-order valence-corrected chi connectivity index (χ2v) is 4.34. The molecule has 0 fully saturated rings. The highest BCUT2D eigenvalue weighted by molar-refractivity contribution is 7.84. The van der Waals surface area contributed by atoms with E-state index in [1.165, 1.54) is 0 Å². The third-order valence-electron chi connectivity index (χ3n) is 1.89. The summed E-state index contributed by atoms with van der Waals surface area (Å²) in [6.07, 6.45) is 1.23. The van der Waals surface area contributed by atoms with Gasteiger partial charge in [-0.2, -0.15) is 8.42 Å². The van der Waals surface area contributed by atoms with Crippen molar-refractivity contribution in [2.24, 2.45) is 5.14 Å². The fourth-order valence-corrected chi connectivity index (χ4v) is 1.55. The average molecular weight is 230 g/mol. The van der Waals surface area contributed by atoms with Crippen molar-refractivity contribution in [3.63, 3.8) is 0 Å². The molecule has 0 aliphatic heterocycles. The number of rotatable bonds is 5. The Balaban J connectivity index is 2.36. The summed E-state index contributed by atoms with van der Waals surface area (Å²) >= 11 is 0. The van der Waals surface area contributed by atoms with Crippen LogP contribution in [0.4, 0.5) is 5.69 Å². The van der Waals surface area contributed by atoms with Crippen LogP contribution in [0.25, 0.3) is 0 Å². The van der Waals surface area contributed by atoms with Crippen molar-refractivity contribution in [2.75, 3.05) is 12.3 Å². The van der Waals surface area contributed by atoms with Crippen LogP contribution in [0.3, 0.4) is 0 Å². The van der Waals surface area contributed by atoms with Crippen molar-refractivity contribution in [1.29, 1.82) is 0 Å². The first kappa shape index (κ1) is 12.0. The summed E-state index contributed by atoms with van der Waals surface area (Å²) in [5, 5.41) is 4.67. The zero-order valence-electron chi connectivity index (χ0n) is 8.22. The molecule has 1 aromatic carbocycles. The summed E-state index contributed by atoms with van der Waals surface area (Å²) in [6.45, 7) is 0.0766. The number of nitrogen functional groups attached to an aromatic ring is 1. The molecule has 5 nitrogen and oxygen atoms in total. The fraction of sp³-hybridized carbons (Fsp3) is 0.333. The van der Waals surface area contributed by atoms with Crippen molar-refractivity contribution < 1.29 is 12.6 Å². The van der Waals surface area contributed by atoms with Gasteiger partial charge in [0.1, 0.15) is 0 Å². The molecular formula is C9H14N2O3S. The van der Waals surface area contributed by atoms with E-state index in [2.05, 4.69) is 9.32 Å². The van der Waals surface area contributed by atoms with Crippen LogP contribution in [-0.2, 0) is 20.9 Å². The number of hydrogen-bond acceptors (Lipinski definition) is 4. The molecule has 0 saturated heterocycles. The number of hydrogen-bond donors (Lipinski definition) is 2. The van der Waals surface area contributed by atoms with Gasteiger partial charge in [0.05, 0.1) is 6.61 Å². The van der Waals surface area contributed by atoms with Gasteiger partial charge in [-0.05, 0) is 24.5 Å². The lowest BCUT2D eigenvalue weighted by atomic mass is 10.1. The second kappa shape index (κ2) is 5.11. The van der Waals surface area contributed by atoms with Gasteiger partial charge in [0, 0.05) is 5.69 Å². The Labute approximate surface area is 89.3 Å². The Morgan fingerprint density at radius 1 is 1.27 bits per heavy atom. The van der Waals surface area contributed by atoms with Crippen LogP contribution in [-0.4, -0.2) is 15.0 Å². The van der Waals surface area contributed by atoms with Crippen LogP contribution in [0.1, 0.15) is 12.0 Å². The maximum atomic E-state index is 10.4.